The number of hydrogen-bond donors (Lipinski definition) is 1. The lowest BCUT2D eigenvalue weighted by atomic mass is 9.86. The first-order valence-electron chi connectivity index (χ1n) is 8.08. The Morgan fingerprint density at radius 3 is 2.95 bits per heavy atom. The first-order chi connectivity index (χ1) is 10.1. The van der Waals surface area contributed by atoms with E-state index in [4.69, 9.17) is 15.0 Å². The predicted octanol–water partition coefficient (Wildman–Crippen LogP) is 1.84. The van der Waals surface area contributed by atoms with Crippen LogP contribution in [0.1, 0.15) is 63.3 Å². The van der Waals surface area contributed by atoms with Crippen LogP contribution in [0.2, 0.25) is 0 Å². The number of hydrogen-bond acceptors (Lipinski definition) is 6. The molecule has 0 aromatic carbocycles. The van der Waals surface area contributed by atoms with Crippen LogP contribution in [-0.2, 0) is 4.74 Å². The van der Waals surface area contributed by atoms with E-state index in [1.54, 1.807) is 0 Å². The zero-order chi connectivity index (χ0) is 14.8. The molecule has 3 unspecified atom stereocenters. The lowest BCUT2D eigenvalue weighted by Crippen LogP contribution is -2.42. The van der Waals surface area contributed by atoms with Crippen molar-refractivity contribution in [2.45, 2.75) is 63.6 Å². The number of nitrogens with two attached hydrogens (primary N) is 1. The van der Waals surface area contributed by atoms with Gasteiger partial charge < -0.3 is 15.0 Å². The minimum atomic E-state index is -0.0732. The normalized spacial score (nSPS) is 31.7. The van der Waals surface area contributed by atoms with E-state index in [1.165, 1.54) is 0 Å². The second kappa shape index (κ2) is 6.42. The summed E-state index contributed by atoms with van der Waals surface area (Å²) in [6, 6.07) is 0.778. The minimum Gasteiger partial charge on any atom is -0.367 e. The zero-order valence-electron chi connectivity index (χ0n) is 13.0. The molecule has 1 aliphatic carbocycles. The van der Waals surface area contributed by atoms with Gasteiger partial charge in [0.1, 0.15) is 6.10 Å². The van der Waals surface area contributed by atoms with Gasteiger partial charge in [0.25, 0.3) is 0 Å². The molecule has 0 spiro atoms. The Labute approximate surface area is 126 Å². The number of morpholine rings is 1. The van der Waals surface area contributed by atoms with E-state index in [-0.39, 0.29) is 12.1 Å². The Balaban J connectivity index is 1.66. The SMILES string of the molecule is CC(C)N1CCOC(c2noc(C3CCCC(N)C3)n2)C1. The highest BCUT2D eigenvalue weighted by Crippen LogP contribution is 2.32. The van der Waals surface area contributed by atoms with Crippen LogP contribution < -0.4 is 5.73 Å². The number of rotatable bonds is 3. The zero-order valence-corrected chi connectivity index (χ0v) is 13.0. The van der Waals surface area contributed by atoms with Gasteiger partial charge in [-0.2, -0.15) is 4.98 Å². The van der Waals surface area contributed by atoms with E-state index in [1.807, 2.05) is 0 Å². The van der Waals surface area contributed by atoms with E-state index in [2.05, 4.69) is 28.9 Å². The van der Waals surface area contributed by atoms with E-state index in [0.29, 0.717) is 17.8 Å². The molecule has 1 saturated carbocycles. The fraction of sp³-hybridized carbons (Fsp3) is 0.867. The summed E-state index contributed by atoms with van der Waals surface area (Å²) in [7, 11) is 0. The first kappa shape index (κ1) is 14.9. The van der Waals surface area contributed by atoms with E-state index in [0.717, 1.165) is 51.3 Å². The molecule has 2 heterocycles. The topological polar surface area (TPSA) is 77.4 Å². The van der Waals surface area contributed by atoms with Gasteiger partial charge in [-0.15, -0.1) is 0 Å². The smallest absolute Gasteiger partial charge is 0.229 e. The molecule has 2 fully saturated rings. The molecule has 3 rings (SSSR count). The Morgan fingerprint density at radius 2 is 2.19 bits per heavy atom. The lowest BCUT2D eigenvalue weighted by Gasteiger charge is -2.34. The average Bonchev–Trinajstić information content (AvgIpc) is 2.97. The van der Waals surface area contributed by atoms with Gasteiger partial charge in [-0.1, -0.05) is 11.6 Å². The third-order valence-electron chi connectivity index (χ3n) is 4.64. The molecule has 1 aromatic heterocycles. The van der Waals surface area contributed by atoms with Gasteiger partial charge in [0, 0.05) is 31.1 Å². The minimum absolute atomic E-state index is 0.0732. The van der Waals surface area contributed by atoms with Gasteiger partial charge in [0.15, 0.2) is 0 Å². The second-order valence-corrected chi connectivity index (χ2v) is 6.56. The Bertz CT molecular complexity index is 462. The van der Waals surface area contributed by atoms with Crippen LogP contribution in [0.5, 0.6) is 0 Å². The Kier molecular flexibility index (Phi) is 4.57. The summed E-state index contributed by atoms with van der Waals surface area (Å²) in [5, 5.41) is 4.16. The third-order valence-corrected chi connectivity index (χ3v) is 4.64. The summed E-state index contributed by atoms with van der Waals surface area (Å²) in [5.41, 5.74) is 6.04. The molecule has 3 atom stereocenters. The Morgan fingerprint density at radius 1 is 1.33 bits per heavy atom. The largest absolute Gasteiger partial charge is 0.367 e. The fourth-order valence-electron chi connectivity index (χ4n) is 3.29. The van der Waals surface area contributed by atoms with Gasteiger partial charge >= 0.3 is 0 Å². The maximum Gasteiger partial charge on any atom is 0.229 e. The summed E-state index contributed by atoms with van der Waals surface area (Å²) < 4.78 is 11.3. The molecule has 118 valence electrons. The number of aromatic nitrogens is 2. The highest BCUT2D eigenvalue weighted by atomic mass is 16.5. The van der Waals surface area contributed by atoms with Crippen LogP contribution in [0, 0.1) is 0 Å². The monoisotopic (exact) mass is 294 g/mol. The Hall–Kier alpha value is -0.980. The van der Waals surface area contributed by atoms with E-state index < -0.39 is 0 Å². The van der Waals surface area contributed by atoms with Crippen LogP contribution in [0.4, 0.5) is 0 Å². The van der Waals surface area contributed by atoms with E-state index >= 15 is 0 Å². The van der Waals surface area contributed by atoms with Gasteiger partial charge in [-0.05, 0) is 33.1 Å². The molecular weight excluding hydrogens is 268 g/mol. The van der Waals surface area contributed by atoms with Gasteiger partial charge in [-0.25, -0.2) is 0 Å². The summed E-state index contributed by atoms with van der Waals surface area (Å²) in [6.07, 6.45) is 4.22. The highest BCUT2D eigenvalue weighted by molar-refractivity contribution is 5.00. The second-order valence-electron chi connectivity index (χ2n) is 6.56. The molecule has 0 bridgehead atoms. The molecule has 1 saturated heterocycles. The molecule has 6 nitrogen and oxygen atoms in total. The maximum atomic E-state index is 6.04. The quantitative estimate of drug-likeness (QED) is 0.916. The van der Waals surface area contributed by atoms with Crippen molar-refractivity contribution in [1.29, 1.82) is 0 Å². The molecule has 6 heteroatoms. The molecule has 21 heavy (non-hydrogen) atoms. The van der Waals surface area contributed by atoms with Gasteiger partial charge in [0.2, 0.25) is 11.7 Å². The van der Waals surface area contributed by atoms with Crippen molar-refractivity contribution in [2.24, 2.45) is 5.73 Å². The van der Waals surface area contributed by atoms with Crippen molar-refractivity contribution in [3.63, 3.8) is 0 Å². The predicted molar refractivity (Wildman–Crippen MR) is 78.9 cm³/mol. The molecule has 1 aromatic rings. The summed E-state index contributed by atoms with van der Waals surface area (Å²) in [4.78, 5) is 6.99. The molecular formula is C15H26N4O2. The van der Waals surface area contributed by atoms with Gasteiger partial charge in [0.05, 0.1) is 6.61 Å². The third kappa shape index (κ3) is 3.44. The average molecular weight is 294 g/mol. The van der Waals surface area contributed by atoms with Crippen molar-refractivity contribution in [3.8, 4) is 0 Å². The number of ether oxygens (including phenoxy) is 1. The maximum absolute atomic E-state index is 6.04. The van der Waals surface area contributed by atoms with Gasteiger partial charge in [-0.3, -0.25) is 4.90 Å². The molecule has 0 radical (unpaired) electrons. The molecule has 0 amide bonds. The first-order valence-corrected chi connectivity index (χ1v) is 8.08. The van der Waals surface area contributed by atoms with Crippen molar-refractivity contribution in [3.05, 3.63) is 11.7 Å². The molecule has 1 aliphatic heterocycles. The van der Waals surface area contributed by atoms with Crippen LogP contribution in [0.25, 0.3) is 0 Å². The summed E-state index contributed by atoms with van der Waals surface area (Å²) >= 11 is 0. The van der Waals surface area contributed by atoms with Crippen molar-refractivity contribution in [2.75, 3.05) is 19.7 Å². The van der Waals surface area contributed by atoms with Crippen molar-refractivity contribution in [1.82, 2.24) is 15.0 Å². The lowest BCUT2D eigenvalue weighted by molar-refractivity contribution is -0.0450. The number of nitrogens with zero attached hydrogens (tertiary/aromatic N) is 3. The summed E-state index contributed by atoms with van der Waals surface area (Å²) in [5.74, 6) is 1.75. The van der Waals surface area contributed by atoms with E-state index in [9.17, 15) is 0 Å². The highest BCUT2D eigenvalue weighted by Gasteiger charge is 2.30. The van der Waals surface area contributed by atoms with Crippen LogP contribution in [-0.4, -0.2) is 46.8 Å². The van der Waals surface area contributed by atoms with Crippen molar-refractivity contribution < 1.29 is 9.26 Å². The molecule has 2 aliphatic rings. The summed E-state index contributed by atoms with van der Waals surface area (Å²) in [6.45, 7) is 6.93. The van der Waals surface area contributed by atoms with Crippen LogP contribution >= 0.6 is 0 Å². The van der Waals surface area contributed by atoms with Crippen LogP contribution in [0.3, 0.4) is 0 Å². The van der Waals surface area contributed by atoms with Crippen LogP contribution in [0.15, 0.2) is 4.52 Å². The standard InChI is InChI=1S/C15H26N4O2/c1-10(2)19-6-7-20-13(9-19)14-17-15(21-18-14)11-4-3-5-12(16)8-11/h10-13H,3-9,16H2,1-2H3. The fourth-order valence-corrected chi connectivity index (χ4v) is 3.29. The molecule has 2 N–H and O–H groups in total. The van der Waals surface area contributed by atoms with Crippen molar-refractivity contribution >= 4 is 0 Å².